The fraction of sp³-hybridized carbons (Fsp3) is 0.500. The predicted molar refractivity (Wildman–Crippen MR) is 69.3 cm³/mol. The fourth-order valence-electron chi connectivity index (χ4n) is 1.97. The van der Waals surface area contributed by atoms with E-state index in [9.17, 15) is 4.79 Å². The Bertz CT molecular complexity index is 541. The summed E-state index contributed by atoms with van der Waals surface area (Å²) < 4.78 is 5.35. The van der Waals surface area contributed by atoms with Gasteiger partial charge in [0.25, 0.3) is 0 Å². The van der Waals surface area contributed by atoms with Crippen molar-refractivity contribution in [3.8, 4) is 6.07 Å². The Balaban J connectivity index is 2.13. The first-order chi connectivity index (χ1) is 8.89. The molecule has 1 aromatic rings. The zero-order valence-electron chi connectivity index (χ0n) is 11.4. The Labute approximate surface area is 112 Å². The van der Waals surface area contributed by atoms with E-state index in [0.717, 1.165) is 11.3 Å². The lowest BCUT2D eigenvalue weighted by Gasteiger charge is -2.30. The average Bonchev–Trinajstić information content (AvgIpc) is 2.35. The molecule has 0 atom stereocenters. The molecular weight excluding hydrogens is 242 g/mol. The third-order valence-corrected chi connectivity index (χ3v) is 2.82. The zero-order chi connectivity index (χ0) is 14.0. The van der Waals surface area contributed by atoms with Crippen molar-refractivity contribution in [1.82, 2.24) is 9.88 Å². The number of nitriles is 1. The molecule has 1 aromatic heterocycles. The lowest BCUT2D eigenvalue weighted by atomic mass is 10.0. The molecule has 1 amide bonds. The number of hydrogen-bond acceptors (Lipinski definition) is 4. The molecule has 0 unspecified atom stereocenters. The number of fused-ring (bicyclic) bond motifs is 1. The second-order valence-electron chi connectivity index (χ2n) is 5.59. The molecule has 100 valence electrons. The van der Waals surface area contributed by atoms with E-state index in [0.29, 0.717) is 25.1 Å². The van der Waals surface area contributed by atoms with Gasteiger partial charge < -0.3 is 9.64 Å². The van der Waals surface area contributed by atoms with Crippen LogP contribution >= 0.6 is 0 Å². The molecule has 19 heavy (non-hydrogen) atoms. The van der Waals surface area contributed by atoms with Gasteiger partial charge in [-0.25, -0.2) is 4.79 Å². The van der Waals surface area contributed by atoms with Crippen molar-refractivity contribution in [2.75, 3.05) is 6.54 Å². The highest BCUT2D eigenvalue weighted by Gasteiger charge is 2.26. The number of ether oxygens (including phenoxy) is 1. The first-order valence-corrected chi connectivity index (χ1v) is 6.25. The number of aromatic nitrogens is 1. The van der Waals surface area contributed by atoms with Crippen LogP contribution in [0.5, 0.6) is 0 Å². The zero-order valence-corrected chi connectivity index (χ0v) is 11.4. The lowest BCUT2D eigenvalue weighted by molar-refractivity contribution is 0.0223. The number of hydrogen-bond donors (Lipinski definition) is 0. The molecule has 0 aromatic carbocycles. The summed E-state index contributed by atoms with van der Waals surface area (Å²) in [4.78, 5) is 17.9. The van der Waals surface area contributed by atoms with Gasteiger partial charge in [-0.15, -0.1) is 0 Å². The molecule has 5 heteroatoms. The van der Waals surface area contributed by atoms with Crippen LogP contribution < -0.4 is 0 Å². The Hall–Kier alpha value is -2.09. The molecule has 0 N–H and O–H groups in total. The van der Waals surface area contributed by atoms with E-state index < -0.39 is 5.60 Å². The number of carbonyl (C=O) groups is 1. The summed E-state index contributed by atoms with van der Waals surface area (Å²) in [6.07, 6.45) is 1.95. The van der Waals surface area contributed by atoms with Gasteiger partial charge in [-0.1, -0.05) is 0 Å². The maximum atomic E-state index is 12.0. The van der Waals surface area contributed by atoms with Crippen molar-refractivity contribution >= 4 is 6.09 Å². The molecule has 0 saturated heterocycles. The van der Waals surface area contributed by atoms with Crippen LogP contribution in [0.15, 0.2) is 12.3 Å². The Morgan fingerprint density at radius 2 is 2.26 bits per heavy atom. The number of nitrogens with zero attached hydrogens (tertiary/aromatic N) is 3. The van der Waals surface area contributed by atoms with E-state index in [1.807, 2.05) is 20.8 Å². The predicted octanol–water partition coefficient (Wildman–Crippen LogP) is 2.25. The van der Waals surface area contributed by atoms with E-state index in [4.69, 9.17) is 10.00 Å². The maximum absolute atomic E-state index is 12.0. The summed E-state index contributed by atoms with van der Waals surface area (Å²) in [5, 5.41) is 8.87. The largest absolute Gasteiger partial charge is 0.444 e. The van der Waals surface area contributed by atoms with Crippen LogP contribution in [-0.2, 0) is 17.7 Å². The van der Waals surface area contributed by atoms with E-state index in [-0.39, 0.29) is 6.09 Å². The van der Waals surface area contributed by atoms with E-state index in [1.54, 1.807) is 17.2 Å². The van der Waals surface area contributed by atoms with Crippen LogP contribution in [0.4, 0.5) is 4.79 Å². The summed E-state index contributed by atoms with van der Waals surface area (Å²) in [7, 11) is 0. The van der Waals surface area contributed by atoms with Gasteiger partial charge in [0.15, 0.2) is 0 Å². The minimum Gasteiger partial charge on any atom is -0.444 e. The van der Waals surface area contributed by atoms with Crippen molar-refractivity contribution in [3.05, 3.63) is 29.1 Å². The third-order valence-electron chi connectivity index (χ3n) is 2.82. The third kappa shape index (κ3) is 3.22. The molecule has 5 nitrogen and oxygen atoms in total. The van der Waals surface area contributed by atoms with Gasteiger partial charge in [0.1, 0.15) is 11.7 Å². The van der Waals surface area contributed by atoms with Gasteiger partial charge in [0.2, 0.25) is 0 Å². The molecule has 0 bridgehead atoms. The molecule has 0 saturated carbocycles. The summed E-state index contributed by atoms with van der Waals surface area (Å²) in [6, 6.07) is 3.85. The molecule has 0 fully saturated rings. The summed E-state index contributed by atoms with van der Waals surface area (Å²) in [6.45, 7) is 6.59. The molecule has 0 radical (unpaired) electrons. The number of pyridine rings is 1. The van der Waals surface area contributed by atoms with Gasteiger partial charge in [0, 0.05) is 24.9 Å². The van der Waals surface area contributed by atoms with Crippen molar-refractivity contribution in [2.45, 2.75) is 39.3 Å². The van der Waals surface area contributed by atoms with Crippen LogP contribution in [0.3, 0.4) is 0 Å². The molecule has 0 aliphatic carbocycles. The van der Waals surface area contributed by atoms with Crippen molar-refractivity contribution in [3.63, 3.8) is 0 Å². The number of rotatable bonds is 0. The van der Waals surface area contributed by atoms with Crippen LogP contribution in [0.2, 0.25) is 0 Å². The SMILES string of the molecule is CC(C)(C)OC(=O)N1CCc2ncc(C#N)cc2C1. The molecule has 1 aliphatic heterocycles. The second-order valence-corrected chi connectivity index (χ2v) is 5.59. The van der Waals surface area contributed by atoms with Gasteiger partial charge in [-0.3, -0.25) is 4.98 Å². The van der Waals surface area contributed by atoms with Crippen molar-refractivity contribution in [2.24, 2.45) is 0 Å². The summed E-state index contributed by atoms with van der Waals surface area (Å²) in [5.41, 5.74) is 1.91. The van der Waals surface area contributed by atoms with Crippen LogP contribution in [0.25, 0.3) is 0 Å². The minimum absolute atomic E-state index is 0.319. The van der Waals surface area contributed by atoms with E-state index in [1.165, 1.54) is 0 Å². The van der Waals surface area contributed by atoms with Crippen LogP contribution in [0.1, 0.15) is 37.6 Å². The van der Waals surface area contributed by atoms with Gasteiger partial charge >= 0.3 is 6.09 Å². The summed E-state index contributed by atoms with van der Waals surface area (Å²) in [5.74, 6) is 0. The quantitative estimate of drug-likeness (QED) is 0.716. The molecule has 0 spiro atoms. The normalized spacial score (nSPS) is 14.5. The monoisotopic (exact) mass is 259 g/mol. The smallest absolute Gasteiger partial charge is 0.410 e. The molecule has 1 aliphatic rings. The highest BCUT2D eigenvalue weighted by Crippen LogP contribution is 2.20. The maximum Gasteiger partial charge on any atom is 0.410 e. The van der Waals surface area contributed by atoms with Gasteiger partial charge in [-0.05, 0) is 32.4 Å². The average molecular weight is 259 g/mol. The first kappa shape index (κ1) is 13.3. The Kier molecular flexibility index (Phi) is 3.43. The number of carbonyl (C=O) groups excluding carboxylic acids is 1. The lowest BCUT2D eigenvalue weighted by Crippen LogP contribution is -2.40. The Morgan fingerprint density at radius 3 is 2.89 bits per heavy atom. The van der Waals surface area contributed by atoms with Crippen molar-refractivity contribution < 1.29 is 9.53 Å². The molecule has 2 heterocycles. The van der Waals surface area contributed by atoms with Crippen molar-refractivity contribution in [1.29, 1.82) is 5.26 Å². The van der Waals surface area contributed by atoms with Gasteiger partial charge in [-0.2, -0.15) is 5.26 Å². The highest BCUT2D eigenvalue weighted by molar-refractivity contribution is 5.68. The van der Waals surface area contributed by atoms with Gasteiger partial charge in [0.05, 0.1) is 12.1 Å². The first-order valence-electron chi connectivity index (χ1n) is 6.25. The highest BCUT2D eigenvalue weighted by atomic mass is 16.6. The topological polar surface area (TPSA) is 66.2 Å². The Morgan fingerprint density at radius 1 is 1.53 bits per heavy atom. The number of amides is 1. The van der Waals surface area contributed by atoms with E-state index in [2.05, 4.69) is 11.1 Å². The second kappa shape index (κ2) is 4.88. The standard InChI is InChI=1S/C14H17N3O2/c1-14(2,3)19-13(18)17-5-4-12-11(9-17)6-10(7-15)8-16-12/h6,8H,4-5,9H2,1-3H3. The minimum atomic E-state index is -0.496. The fourth-order valence-corrected chi connectivity index (χ4v) is 1.97. The summed E-state index contributed by atoms with van der Waals surface area (Å²) >= 11 is 0. The molecular formula is C14H17N3O2. The van der Waals surface area contributed by atoms with Crippen LogP contribution in [0, 0.1) is 11.3 Å². The van der Waals surface area contributed by atoms with E-state index >= 15 is 0 Å². The van der Waals surface area contributed by atoms with Crippen LogP contribution in [-0.4, -0.2) is 28.1 Å². The molecule has 2 rings (SSSR count).